The predicted molar refractivity (Wildman–Crippen MR) is 110 cm³/mol. The van der Waals surface area contributed by atoms with Gasteiger partial charge in [0.15, 0.2) is 5.11 Å². The average Bonchev–Trinajstić information content (AvgIpc) is 3.11. The zero-order valence-electron chi connectivity index (χ0n) is 14.7. The van der Waals surface area contributed by atoms with Crippen LogP contribution in [0, 0.1) is 5.82 Å². The molecule has 0 saturated heterocycles. The summed E-state index contributed by atoms with van der Waals surface area (Å²) < 4.78 is 20.2. The standard InChI is InChI=1S/C20H19FN4OS/c1-26-19-6-2-4-17(12-19)23-20(27)24-22-13-18-5-3-11-25(18)14-15-7-9-16(21)10-8-15/h2-13H,14H2,1H3,(H2,23,24,27). The highest BCUT2D eigenvalue weighted by molar-refractivity contribution is 7.80. The Kier molecular flexibility index (Phi) is 6.17. The number of rotatable bonds is 6. The van der Waals surface area contributed by atoms with Crippen LogP contribution in [0.15, 0.2) is 72.0 Å². The topological polar surface area (TPSA) is 50.6 Å². The third kappa shape index (κ3) is 5.39. The highest BCUT2D eigenvalue weighted by Gasteiger charge is 2.01. The van der Waals surface area contributed by atoms with Gasteiger partial charge in [-0.15, -0.1) is 0 Å². The first-order chi connectivity index (χ1) is 13.1. The first-order valence-corrected chi connectivity index (χ1v) is 8.68. The molecule has 0 amide bonds. The van der Waals surface area contributed by atoms with Gasteiger partial charge < -0.3 is 14.6 Å². The summed E-state index contributed by atoms with van der Waals surface area (Å²) in [5.74, 6) is 0.499. The Morgan fingerprint density at radius 3 is 2.78 bits per heavy atom. The molecule has 2 N–H and O–H groups in total. The zero-order valence-corrected chi connectivity index (χ0v) is 15.5. The molecule has 0 unspecified atom stereocenters. The number of nitrogens with one attached hydrogen (secondary N) is 2. The quantitative estimate of drug-likeness (QED) is 0.384. The number of thiocarbonyl (C=S) groups is 1. The van der Waals surface area contributed by atoms with Gasteiger partial charge in [-0.25, -0.2) is 4.39 Å². The monoisotopic (exact) mass is 382 g/mol. The molecule has 7 heteroatoms. The van der Waals surface area contributed by atoms with Crippen LogP contribution in [0.2, 0.25) is 0 Å². The normalized spacial score (nSPS) is 10.7. The highest BCUT2D eigenvalue weighted by atomic mass is 32.1. The summed E-state index contributed by atoms with van der Waals surface area (Å²) in [5, 5.41) is 7.59. The van der Waals surface area contributed by atoms with E-state index in [4.69, 9.17) is 17.0 Å². The van der Waals surface area contributed by atoms with Crippen molar-refractivity contribution in [3.63, 3.8) is 0 Å². The van der Waals surface area contributed by atoms with Gasteiger partial charge in [0.2, 0.25) is 0 Å². The molecule has 0 radical (unpaired) electrons. The lowest BCUT2D eigenvalue weighted by Crippen LogP contribution is -2.24. The van der Waals surface area contributed by atoms with E-state index in [1.165, 1.54) is 12.1 Å². The molecule has 0 aliphatic carbocycles. The Morgan fingerprint density at radius 1 is 1.19 bits per heavy atom. The van der Waals surface area contributed by atoms with E-state index in [1.54, 1.807) is 25.5 Å². The van der Waals surface area contributed by atoms with E-state index in [2.05, 4.69) is 15.8 Å². The van der Waals surface area contributed by atoms with Crippen LogP contribution in [0.5, 0.6) is 5.75 Å². The van der Waals surface area contributed by atoms with E-state index >= 15 is 0 Å². The maximum absolute atomic E-state index is 13.0. The van der Waals surface area contributed by atoms with Gasteiger partial charge in [0, 0.05) is 24.5 Å². The highest BCUT2D eigenvalue weighted by Crippen LogP contribution is 2.16. The number of hydrogen-bond donors (Lipinski definition) is 2. The molecular weight excluding hydrogens is 363 g/mol. The molecule has 0 aliphatic rings. The van der Waals surface area contributed by atoms with Crippen molar-refractivity contribution in [1.29, 1.82) is 0 Å². The molecule has 3 aromatic rings. The second kappa shape index (κ2) is 8.95. The lowest BCUT2D eigenvalue weighted by atomic mass is 10.2. The fourth-order valence-corrected chi connectivity index (χ4v) is 2.66. The molecule has 1 aromatic heterocycles. The molecule has 1 heterocycles. The Balaban J connectivity index is 1.57. The van der Waals surface area contributed by atoms with E-state index in [9.17, 15) is 4.39 Å². The van der Waals surface area contributed by atoms with E-state index in [1.807, 2.05) is 47.2 Å². The molecule has 0 fully saturated rings. The Hall–Kier alpha value is -3.19. The molecule has 3 rings (SSSR count). The molecule has 0 spiro atoms. The van der Waals surface area contributed by atoms with Crippen LogP contribution in [0.3, 0.4) is 0 Å². The van der Waals surface area contributed by atoms with Crippen molar-refractivity contribution < 1.29 is 9.13 Å². The number of hydrazone groups is 1. The molecule has 0 aliphatic heterocycles. The molecular formula is C20H19FN4OS. The smallest absolute Gasteiger partial charge is 0.191 e. The zero-order chi connectivity index (χ0) is 19.1. The average molecular weight is 382 g/mol. The fraction of sp³-hybridized carbons (Fsp3) is 0.100. The largest absolute Gasteiger partial charge is 0.497 e. The van der Waals surface area contributed by atoms with Crippen LogP contribution < -0.4 is 15.5 Å². The minimum atomic E-state index is -0.241. The second-order valence-electron chi connectivity index (χ2n) is 5.74. The summed E-state index contributed by atoms with van der Waals surface area (Å²) >= 11 is 5.24. The minimum absolute atomic E-state index is 0.241. The van der Waals surface area contributed by atoms with Gasteiger partial charge >= 0.3 is 0 Å². The molecule has 138 valence electrons. The Morgan fingerprint density at radius 2 is 2.00 bits per heavy atom. The first kappa shape index (κ1) is 18.6. The van der Waals surface area contributed by atoms with Gasteiger partial charge in [-0.1, -0.05) is 18.2 Å². The lowest BCUT2D eigenvalue weighted by Gasteiger charge is -2.09. The van der Waals surface area contributed by atoms with Gasteiger partial charge in [-0.3, -0.25) is 5.43 Å². The number of halogens is 1. The van der Waals surface area contributed by atoms with Crippen molar-refractivity contribution in [3.8, 4) is 5.75 Å². The summed E-state index contributed by atoms with van der Waals surface area (Å²) in [6.07, 6.45) is 3.63. The van der Waals surface area contributed by atoms with Gasteiger partial charge in [-0.2, -0.15) is 5.10 Å². The maximum atomic E-state index is 13.0. The minimum Gasteiger partial charge on any atom is -0.497 e. The van der Waals surface area contributed by atoms with Gasteiger partial charge in [0.05, 0.1) is 19.0 Å². The molecule has 2 aromatic carbocycles. The second-order valence-corrected chi connectivity index (χ2v) is 6.15. The van der Waals surface area contributed by atoms with E-state index in [-0.39, 0.29) is 5.82 Å². The lowest BCUT2D eigenvalue weighted by molar-refractivity contribution is 0.415. The Labute approximate surface area is 162 Å². The SMILES string of the molecule is COc1cccc(NC(=S)NN=Cc2cccn2Cc2ccc(F)cc2)c1. The van der Waals surface area contributed by atoms with Crippen molar-refractivity contribution in [2.75, 3.05) is 12.4 Å². The van der Waals surface area contributed by atoms with Crippen LogP contribution in [0.1, 0.15) is 11.3 Å². The van der Waals surface area contributed by atoms with Gasteiger partial charge in [0.1, 0.15) is 11.6 Å². The number of anilines is 1. The molecule has 0 atom stereocenters. The van der Waals surface area contributed by atoms with Crippen molar-refractivity contribution in [1.82, 2.24) is 9.99 Å². The molecule has 0 saturated carbocycles. The van der Waals surface area contributed by atoms with E-state index in [0.29, 0.717) is 11.7 Å². The summed E-state index contributed by atoms with van der Waals surface area (Å²) in [5.41, 5.74) is 5.50. The summed E-state index contributed by atoms with van der Waals surface area (Å²) in [4.78, 5) is 0. The van der Waals surface area contributed by atoms with Crippen LogP contribution in [-0.4, -0.2) is 23.0 Å². The maximum Gasteiger partial charge on any atom is 0.191 e. The van der Waals surface area contributed by atoms with Crippen LogP contribution in [0.4, 0.5) is 10.1 Å². The van der Waals surface area contributed by atoms with Gasteiger partial charge in [-0.05, 0) is 54.2 Å². The van der Waals surface area contributed by atoms with Crippen molar-refractivity contribution in [3.05, 3.63) is 83.9 Å². The number of aromatic nitrogens is 1. The van der Waals surface area contributed by atoms with E-state index < -0.39 is 0 Å². The number of methoxy groups -OCH3 is 1. The Bertz CT molecular complexity index is 937. The molecule has 5 nitrogen and oxygen atoms in total. The number of hydrogen-bond acceptors (Lipinski definition) is 3. The summed E-state index contributed by atoms with van der Waals surface area (Å²) in [6, 6.07) is 17.8. The third-order valence-corrected chi connectivity index (χ3v) is 4.01. The van der Waals surface area contributed by atoms with Crippen molar-refractivity contribution in [2.24, 2.45) is 5.10 Å². The molecule has 0 bridgehead atoms. The van der Waals surface area contributed by atoms with Gasteiger partial charge in [0.25, 0.3) is 0 Å². The third-order valence-electron chi connectivity index (χ3n) is 3.82. The van der Waals surface area contributed by atoms with E-state index in [0.717, 1.165) is 22.7 Å². The summed E-state index contributed by atoms with van der Waals surface area (Å²) in [7, 11) is 1.61. The number of ether oxygens (including phenoxy) is 1. The number of nitrogens with zero attached hydrogens (tertiary/aromatic N) is 2. The molecule has 27 heavy (non-hydrogen) atoms. The van der Waals surface area contributed by atoms with Crippen LogP contribution in [-0.2, 0) is 6.54 Å². The van der Waals surface area contributed by atoms with Crippen LogP contribution in [0.25, 0.3) is 0 Å². The first-order valence-electron chi connectivity index (χ1n) is 8.28. The predicted octanol–water partition coefficient (Wildman–Crippen LogP) is 4.00. The summed E-state index contributed by atoms with van der Waals surface area (Å²) in [6.45, 7) is 0.626. The van der Waals surface area contributed by atoms with Crippen molar-refractivity contribution in [2.45, 2.75) is 6.54 Å². The number of benzene rings is 2. The van der Waals surface area contributed by atoms with Crippen LogP contribution >= 0.6 is 12.2 Å². The fourth-order valence-electron chi connectivity index (χ4n) is 2.49. The van der Waals surface area contributed by atoms with Crippen molar-refractivity contribution >= 4 is 29.2 Å².